The lowest BCUT2D eigenvalue weighted by Crippen LogP contribution is -2.04. The maximum Gasteiger partial charge on any atom is -0.00207 e. The Morgan fingerprint density at radius 1 is 0.377 bits per heavy atom. The SMILES string of the molecule is Cc1cc(-c2cccc3ccccc23)cc(C)c1-c1c2ccccc2c(-c2c(C)cc(-c3cccc4ccccc34)c3c2CCC=C3)c2ccccc12. The molecule has 0 N–H and O–H groups in total. The fourth-order valence-corrected chi connectivity index (χ4v) is 9.47. The van der Waals surface area contributed by atoms with Crippen molar-refractivity contribution in [1.82, 2.24) is 0 Å². The van der Waals surface area contributed by atoms with Crippen LogP contribution in [0.25, 0.3) is 93.7 Å². The molecule has 0 saturated heterocycles. The summed E-state index contributed by atoms with van der Waals surface area (Å²) in [7, 11) is 0. The molecule has 0 radical (unpaired) electrons. The van der Waals surface area contributed by atoms with Crippen LogP contribution in [0, 0.1) is 20.8 Å². The third-order valence-corrected chi connectivity index (χ3v) is 11.7. The summed E-state index contributed by atoms with van der Waals surface area (Å²) in [6.45, 7) is 6.93. The Balaban J connectivity index is 1.24. The van der Waals surface area contributed by atoms with Gasteiger partial charge in [0.15, 0.2) is 0 Å². The van der Waals surface area contributed by atoms with Crippen LogP contribution >= 0.6 is 0 Å². The Morgan fingerprint density at radius 2 is 0.830 bits per heavy atom. The molecule has 1 aliphatic rings. The second-order valence-corrected chi connectivity index (χ2v) is 14.8. The van der Waals surface area contributed by atoms with E-state index in [2.05, 4.69) is 185 Å². The van der Waals surface area contributed by atoms with Gasteiger partial charge in [0.2, 0.25) is 0 Å². The van der Waals surface area contributed by atoms with E-state index >= 15 is 0 Å². The lowest BCUT2D eigenvalue weighted by atomic mass is 9.77. The van der Waals surface area contributed by atoms with Crippen molar-refractivity contribution in [1.29, 1.82) is 0 Å². The molecule has 0 amide bonds. The van der Waals surface area contributed by atoms with E-state index in [1.165, 1.54) is 115 Å². The van der Waals surface area contributed by atoms with Crippen molar-refractivity contribution < 1.29 is 0 Å². The van der Waals surface area contributed by atoms with Crippen LogP contribution in [0.5, 0.6) is 0 Å². The van der Waals surface area contributed by atoms with Gasteiger partial charge in [-0.1, -0.05) is 164 Å². The van der Waals surface area contributed by atoms with Crippen molar-refractivity contribution in [3.63, 3.8) is 0 Å². The molecule has 0 heteroatoms. The Kier molecular flexibility index (Phi) is 7.41. The van der Waals surface area contributed by atoms with Gasteiger partial charge in [-0.25, -0.2) is 0 Å². The molecular formula is C53H40. The van der Waals surface area contributed by atoms with Crippen LogP contribution in [0.1, 0.15) is 34.2 Å². The highest BCUT2D eigenvalue weighted by molar-refractivity contribution is 6.23. The fraction of sp³-hybridized carbons (Fsp3) is 0.0943. The number of aryl methyl sites for hydroxylation is 3. The van der Waals surface area contributed by atoms with Crippen molar-refractivity contribution in [3.8, 4) is 44.5 Å². The molecule has 0 fully saturated rings. The molecule has 0 nitrogen and oxygen atoms in total. The molecule has 53 heavy (non-hydrogen) atoms. The molecule has 0 bridgehead atoms. The quantitative estimate of drug-likeness (QED) is 0.163. The zero-order chi connectivity index (χ0) is 35.6. The standard InChI is InChI=1S/C53H40/c1-33-30-38(41-28-14-18-36-16-4-6-20-39(36)41)31-34(2)50(33)52-45-24-10-12-26-47(45)53(48-27-13-11-25-46(48)52)51-35(3)32-49(43-22-8-9-23-44(43)51)42-29-15-19-37-17-5-7-21-40(37)42/h4-8,10-22,24-32H,9,23H2,1-3H3. The smallest absolute Gasteiger partial charge is 0.00207 e. The fourth-order valence-electron chi connectivity index (χ4n) is 9.47. The van der Waals surface area contributed by atoms with E-state index < -0.39 is 0 Å². The first-order valence-electron chi connectivity index (χ1n) is 18.9. The third kappa shape index (κ3) is 4.97. The molecule has 0 atom stereocenters. The monoisotopic (exact) mass is 676 g/mol. The molecule has 1 aliphatic carbocycles. The van der Waals surface area contributed by atoms with Gasteiger partial charge in [-0.05, 0) is 149 Å². The second kappa shape index (κ2) is 12.5. The van der Waals surface area contributed by atoms with Crippen molar-refractivity contribution in [2.75, 3.05) is 0 Å². The van der Waals surface area contributed by atoms with Gasteiger partial charge in [0.05, 0.1) is 0 Å². The van der Waals surface area contributed by atoms with Crippen molar-refractivity contribution >= 4 is 49.2 Å². The highest BCUT2D eigenvalue weighted by Crippen LogP contribution is 2.50. The lowest BCUT2D eigenvalue weighted by Gasteiger charge is -2.26. The van der Waals surface area contributed by atoms with Gasteiger partial charge in [-0.2, -0.15) is 0 Å². The summed E-state index contributed by atoms with van der Waals surface area (Å²) in [5.41, 5.74) is 17.4. The molecule has 0 unspecified atom stereocenters. The highest BCUT2D eigenvalue weighted by Gasteiger charge is 2.25. The van der Waals surface area contributed by atoms with Crippen LogP contribution in [0.2, 0.25) is 0 Å². The van der Waals surface area contributed by atoms with Crippen LogP contribution in [0.3, 0.4) is 0 Å². The molecule has 0 aromatic heterocycles. The molecule has 9 aromatic rings. The van der Waals surface area contributed by atoms with E-state index in [1.807, 2.05) is 0 Å². The molecule has 0 heterocycles. The molecular weight excluding hydrogens is 637 g/mol. The Bertz CT molecular complexity index is 2880. The van der Waals surface area contributed by atoms with Gasteiger partial charge in [0.1, 0.15) is 0 Å². The van der Waals surface area contributed by atoms with E-state index in [-0.39, 0.29) is 0 Å². The Labute approximate surface area is 311 Å². The number of allylic oxidation sites excluding steroid dienone is 1. The summed E-state index contributed by atoms with van der Waals surface area (Å²) in [6.07, 6.45) is 6.83. The summed E-state index contributed by atoms with van der Waals surface area (Å²) in [5, 5.41) is 10.4. The molecule has 0 aliphatic heterocycles. The van der Waals surface area contributed by atoms with Crippen molar-refractivity contribution in [2.45, 2.75) is 33.6 Å². The van der Waals surface area contributed by atoms with Gasteiger partial charge in [-0.15, -0.1) is 0 Å². The summed E-state index contributed by atoms with van der Waals surface area (Å²) in [5.74, 6) is 0. The predicted molar refractivity (Wildman–Crippen MR) is 230 cm³/mol. The summed E-state index contributed by atoms with van der Waals surface area (Å²) >= 11 is 0. The zero-order valence-corrected chi connectivity index (χ0v) is 30.5. The van der Waals surface area contributed by atoms with Crippen LogP contribution in [0.15, 0.2) is 158 Å². The van der Waals surface area contributed by atoms with Crippen LogP contribution in [0.4, 0.5) is 0 Å². The summed E-state index contributed by atoms with van der Waals surface area (Å²) < 4.78 is 0. The number of benzene rings is 9. The summed E-state index contributed by atoms with van der Waals surface area (Å²) in [4.78, 5) is 0. The maximum absolute atomic E-state index is 2.46. The van der Waals surface area contributed by atoms with Crippen LogP contribution in [-0.4, -0.2) is 0 Å². The van der Waals surface area contributed by atoms with E-state index in [9.17, 15) is 0 Å². The predicted octanol–water partition coefficient (Wildman–Crippen LogP) is 14.9. The van der Waals surface area contributed by atoms with E-state index in [1.54, 1.807) is 0 Å². The number of rotatable bonds is 4. The number of hydrogen-bond donors (Lipinski definition) is 0. The average molecular weight is 677 g/mol. The minimum absolute atomic E-state index is 1.03. The molecule has 10 rings (SSSR count). The van der Waals surface area contributed by atoms with E-state index in [4.69, 9.17) is 0 Å². The van der Waals surface area contributed by atoms with E-state index in [0.717, 1.165) is 12.8 Å². The van der Waals surface area contributed by atoms with Gasteiger partial charge < -0.3 is 0 Å². The topological polar surface area (TPSA) is 0 Å². The second-order valence-electron chi connectivity index (χ2n) is 14.8. The van der Waals surface area contributed by atoms with Crippen molar-refractivity contribution in [2.24, 2.45) is 0 Å². The Morgan fingerprint density at radius 3 is 1.42 bits per heavy atom. The number of fused-ring (bicyclic) bond motifs is 5. The van der Waals surface area contributed by atoms with Crippen molar-refractivity contribution in [3.05, 3.63) is 186 Å². The molecule has 0 spiro atoms. The first-order valence-corrected chi connectivity index (χ1v) is 18.9. The lowest BCUT2D eigenvalue weighted by molar-refractivity contribution is 0.986. The van der Waals surface area contributed by atoms with Crippen LogP contribution in [-0.2, 0) is 6.42 Å². The minimum atomic E-state index is 1.03. The molecule has 0 saturated carbocycles. The normalized spacial score (nSPS) is 12.6. The van der Waals surface area contributed by atoms with Crippen LogP contribution < -0.4 is 0 Å². The molecule has 9 aromatic carbocycles. The van der Waals surface area contributed by atoms with Gasteiger partial charge >= 0.3 is 0 Å². The highest BCUT2D eigenvalue weighted by atomic mass is 14.3. The Hall–Kier alpha value is -6.24. The zero-order valence-electron chi connectivity index (χ0n) is 30.5. The minimum Gasteiger partial charge on any atom is -0.0836 e. The largest absolute Gasteiger partial charge is 0.0836 e. The van der Waals surface area contributed by atoms with Gasteiger partial charge in [0, 0.05) is 0 Å². The van der Waals surface area contributed by atoms with Gasteiger partial charge in [0.25, 0.3) is 0 Å². The number of hydrogen-bond acceptors (Lipinski definition) is 0. The first kappa shape index (κ1) is 31.5. The van der Waals surface area contributed by atoms with Gasteiger partial charge in [-0.3, -0.25) is 0 Å². The first-order chi connectivity index (χ1) is 26.1. The average Bonchev–Trinajstić information content (AvgIpc) is 3.20. The third-order valence-electron chi connectivity index (χ3n) is 11.7. The van der Waals surface area contributed by atoms with E-state index in [0.29, 0.717) is 0 Å². The molecule has 252 valence electrons. The maximum atomic E-state index is 2.46. The summed E-state index contributed by atoms with van der Waals surface area (Å²) in [6, 6.07) is 56.5.